The van der Waals surface area contributed by atoms with Crippen LogP contribution >= 0.6 is 0 Å². The number of ketones is 1. The number of hydrogen-bond acceptors (Lipinski definition) is 5. The van der Waals surface area contributed by atoms with E-state index in [9.17, 15) is 9.59 Å². The van der Waals surface area contributed by atoms with Gasteiger partial charge < -0.3 is 14.2 Å². The van der Waals surface area contributed by atoms with Crippen LogP contribution in [0.25, 0.3) is 6.08 Å². The molecule has 1 rings (SSSR count). The first-order valence-corrected chi connectivity index (χ1v) is 6.20. The Kier molecular flexibility index (Phi) is 6.46. The minimum absolute atomic E-state index is 0.0136. The highest BCUT2D eigenvalue weighted by molar-refractivity contribution is 6.19. The van der Waals surface area contributed by atoms with Crippen LogP contribution in [-0.2, 0) is 19.1 Å². The molecule has 0 atom stereocenters. The van der Waals surface area contributed by atoms with E-state index in [1.54, 1.807) is 31.2 Å². The zero-order valence-corrected chi connectivity index (χ0v) is 11.8. The lowest BCUT2D eigenvalue weighted by atomic mass is 10.1. The number of carbonyl (C=O) groups is 2. The molecule has 0 heterocycles. The van der Waals surface area contributed by atoms with E-state index in [-0.39, 0.29) is 24.8 Å². The first-order valence-electron chi connectivity index (χ1n) is 6.20. The molecular weight excluding hydrogens is 260 g/mol. The van der Waals surface area contributed by atoms with Gasteiger partial charge in [-0.1, -0.05) is 18.2 Å². The van der Waals surface area contributed by atoms with Crippen molar-refractivity contribution in [2.75, 3.05) is 20.5 Å². The van der Waals surface area contributed by atoms with Gasteiger partial charge in [-0.3, -0.25) is 4.79 Å². The van der Waals surface area contributed by atoms with Gasteiger partial charge in [0.2, 0.25) is 0 Å². The lowest BCUT2D eigenvalue weighted by Gasteiger charge is -2.09. The number of ether oxygens (including phenoxy) is 3. The summed E-state index contributed by atoms with van der Waals surface area (Å²) >= 11 is 0. The first-order chi connectivity index (χ1) is 9.60. The van der Waals surface area contributed by atoms with Gasteiger partial charge in [-0.05, 0) is 26.0 Å². The monoisotopic (exact) mass is 278 g/mol. The molecule has 0 aliphatic carbocycles. The van der Waals surface area contributed by atoms with Crippen LogP contribution in [-0.4, -0.2) is 32.3 Å². The fraction of sp³-hybridized carbons (Fsp3) is 0.333. The molecule has 108 valence electrons. The van der Waals surface area contributed by atoms with Gasteiger partial charge in [0.15, 0.2) is 12.6 Å². The topological polar surface area (TPSA) is 61.8 Å². The summed E-state index contributed by atoms with van der Waals surface area (Å²) in [6, 6.07) is 7.05. The molecular formula is C15H18O5. The van der Waals surface area contributed by atoms with E-state index in [0.29, 0.717) is 11.3 Å². The molecule has 1 aromatic rings. The van der Waals surface area contributed by atoms with Gasteiger partial charge in [0.25, 0.3) is 0 Å². The minimum Gasteiger partial charge on any atom is -0.467 e. The van der Waals surface area contributed by atoms with Crippen molar-refractivity contribution in [1.82, 2.24) is 0 Å². The van der Waals surface area contributed by atoms with Crippen LogP contribution in [0.5, 0.6) is 5.75 Å². The van der Waals surface area contributed by atoms with E-state index in [0.717, 1.165) is 0 Å². The summed E-state index contributed by atoms with van der Waals surface area (Å²) in [4.78, 5) is 23.3. The van der Waals surface area contributed by atoms with Crippen molar-refractivity contribution in [3.05, 3.63) is 35.4 Å². The van der Waals surface area contributed by atoms with Crippen molar-refractivity contribution in [3.63, 3.8) is 0 Å². The fourth-order valence-electron chi connectivity index (χ4n) is 1.52. The second-order valence-electron chi connectivity index (χ2n) is 3.92. The largest absolute Gasteiger partial charge is 0.467 e. The van der Waals surface area contributed by atoms with E-state index in [4.69, 9.17) is 14.2 Å². The highest BCUT2D eigenvalue weighted by Crippen LogP contribution is 2.21. The number of benzene rings is 1. The Labute approximate surface area is 118 Å². The van der Waals surface area contributed by atoms with Gasteiger partial charge in [-0.2, -0.15) is 0 Å². The SMILES string of the molecule is CCOC(=O)C(=Cc1ccccc1OCOC)C(C)=O. The van der Waals surface area contributed by atoms with Crippen LogP contribution in [0.3, 0.4) is 0 Å². The number of esters is 1. The number of rotatable bonds is 7. The molecule has 0 saturated heterocycles. The van der Waals surface area contributed by atoms with Crippen molar-refractivity contribution in [2.24, 2.45) is 0 Å². The molecule has 20 heavy (non-hydrogen) atoms. The molecule has 0 saturated carbocycles. The van der Waals surface area contributed by atoms with E-state index in [1.807, 2.05) is 0 Å². The van der Waals surface area contributed by atoms with Crippen molar-refractivity contribution < 1.29 is 23.8 Å². The normalized spacial score (nSPS) is 11.1. The molecule has 0 fully saturated rings. The summed E-state index contributed by atoms with van der Waals surface area (Å²) < 4.78 is 15.1. The maximum Gasteiger partial charge on any atom is 0.341 e. The van der Waals surface area contributed by atoms with Crippen molar-refractivity contribution in [2.45, 2.75) is 13.8 Å². The fourth-order valence-corrected chi connectivity index (χ4v) is 1.52. The maximum absolute atomic E-state index is 11.7. The summed E-state index contributed by atoms with van der Waals surface area (Å²) in [5.41, 5.74) is 0.600. The Bertz CT molecular complexity index is 505. The second-order valence-corrected chi connectivity index (χ2v) is 3.92. The Balaban J connectivity index is 3.10. The highest BCUT2D eigenvalue weighted by Gasteiger charge is 2.16. The van der Waals surface area contributed by atoms with E-state index < -0.39 is 5.97 Å². The quantitative estimate of drug-likeness (QED) is 0.251. The first kappa shape index (κ1) is 15.9. The van der Waals surface area contributed by atoms with E-state index in [2.05, 4.69) is 0 Å². The van der Waals surface area contributed by atoms with Gasteiger partial charge >= 0.3 is 5.97 Å². The van der Waals surface area contributed by atoms with Gasteiger partial charge in [0.05, 0.1) is 6.61 Å². The van der Waals surface area contributed by atoms with Crippen LogP contribution in [0, 0.1) is 0 Å². The zero-order valence-electron chi connectivity index (χ0n) is 11.8. The summed E-state index contributed by atoms with van der Waals surface area (Å²) in [5.74, 6) is -0.469. The summed E-state index contributed by atoms with van der Waals surface area (Å²) in [7, 11) is 1.51. The molecule has 0 aliphatic heterocycles. The Morgan fingerprint density at radius 2 is 1.95 bits per heavy atom. The lowest BCUT2D eigenvalue weighted by molar-refractivity contribution is -0.139. The third-order valence-electron chi connectivity index (χ3n) is 2.43. The van der Waals surface area contributed by atoms with Crippen LogP contribution in [0.4, 0.5) is 0 Å². The van der Waals surface area contributed by atoms with Gasteiger partial charge in [-0.15, -0.1) is 0 Å². The molecule has 0 unspecified atom stereocenters. The Hall–Kier alpha value is -2.14. The summed E-state index contributed by atoms with van der Waals surface area (Å²) in [6.07, 6.45) is 1.46. The van der Waals surface area contributed by atoms with Crippen LogP contribution in [0.15, 0.2) is 29.8 Å². The van der Waals surface area contributed by atoms with Gasteiger partial charge in [0, 0.05) is 12.7 Å². The average molecular weight is 278 g/mol. The van der Waals surface area contributed by atoms with Crippen LogP contribution in [0.1, 0.15) is 19.4 Å². The molecule has 0 spiro atoms. The number of carbonyl (C=O) groups excluding carboxylic acids is 2. The summed E-state index contributed by atoms with van der Waals surface area (Å²) in [5, 5.41) is 0. The predicted molar refractivity (Wildman–Crippen MR) is 74.2 cm³/mol. The number of methoxy groups -OCH3 is 1. The molecule has 0 aromatic heterocycles. The van der Waals surface area contributed by atoms with Crippen molar-refractivity contribution >= 4 is 17.8 Å². The molecule has 0 N–H and O–H groups in total. The second kappa shape index (κ2) is 8.12. The minimum atomic E-state index is -0.637. The van der Waals surface area contributed by atoms with E-state index in [1.165, 1.54) is 20.1 Å². The van der Waals surface area contributed by atoms with Gasteiger partial charge in [-0.25, -0.2) is 4.79 Å². The third-order valence-corrected chi connectivity index (χ3v) is 2.43. The molecule has 0 aliphatic rings. The Morgan fingerprint density at radius 3 is 2.55 bits per heavy atom. The van der Waals surface area contributed by atoms with Crippen molar-refractivity contribution in [1.29, 1.82) is 0 Å². The van der Waals surface area contributed by atoms with Crippen LogP contribution in [0.2, 0.25) is 0 Å². The number of para-hydroxylation sites is 1. The third kappa shape index (κ3) is 4.51. The predicted octanol–water partition coefficient (Wildman–Crippen LogP) is 2.20. The number of Topliss-reactive ketones (excluding diaryl/α,β-unsaturated/α-hetero) is 1. The number of hydrogen-bond donors (Lipinski definition) is 0. The Morgan fingerprint density at radius 1 is 1.25 bits per heavy atom. The standard InChI is InChI=1S/C15H18O5/c1-4-19-15(17)13(11(2)16)9-12-7-5-6-8-14(12)20-10-18-3/h5-9H,4,10H2,1-3H3. The molecule has 0 radical (unpaired) electrons. The average Bonchev–Trinajstić information content (AvgIpc) is 2.43. The lowest BCUT2D eigenvalue weighted by Crippen LogP contribution is -2.13. The maximum atomic E-state index is 11.7. The molecule has 5 nitrogen and oxygen atoms in total. The van der Waals surface area contributed by atoms with Gasteiger partial charge in [0.1, 0.15) is 11.3 Å². The molecule has 5 heteroatoms. The smallest absolute Gasteiger partial charge is 0.341 e. The molecule has 1 aromatic carbocycles. The molecule has 0 amide bonds. The van der Waals surface area contributed by atoms with Crippen molar-refractivity contribution in [3.8, 4) is 5.75 Å². The highest BCUT2D eigenvalue weighted by atomic mass is 16.7. The molecule has 0 bridgehead atoms. The van der Waals surface area contributed by atoms with E-state index >= 15 is 0 Å². The summed E-state index contributed by atoms with van der Waals surface area (Å²) in [6.45, 7) is 3.30. The van der Waals surface area contributed by atoms with Crippen LogP contribution < -0.4 is 4.74 Å². The zero-order chi connectivity index (χ0) is 15.0.